The zero-order chi connectivity index (χ0) is 35.2. The van der Waals surface area contributed by atoms with Crippen molar-refractivity contribution in [1.82, 2.24) is 15.3 Å². The van der Waals surface area contributed by atoms with Crippen LogP contribution in [0.15, 0.2) is 103 Å². The third-order valence-corrected chi connectivity index (χ3v) is 9.61. The number of amides is 1. The highest BCUT2D eigenvalue weighted by Crippen LogP contribution is 2.37. The Morgan fingerprint density at radius 3 is 2.46 bits per heavy atom. The van der Waals surface area contributed by atoms with Crippen molar-refractivity contribution >= 4 is 40.0 Å². The number of hydrogen-bond donors (Lipinski definition) is 2. The Labute approximate surface area is 295 Å². The van der Waals surface area contributed by atoms with E-state index in [-0.39, 0.29) is 11.7 Å². The number of nitrogens with two attached hydrogens (primary N) is 1. The van der Waals surface area contributed by atoms with Crippen LogP contribution in [0.4, 0.5) is 0 Å². The Morgan fingerprint density at radius 2 is 1.70 bits per heavy atom. The number of carbonyl (C=O) groups is 2. The van der Waals surface area contributed by atoms with Gasteiger partial charge in [0.2, 0.25) is 0 Å². The van der Waals surface area contributed by atoms with Crippen LogP contribution in [0, 0.1) is 20.8 Å². The summed E-state index contributed by atoms with van der Waals surface area (Å²) in [4.78, 5) is 35.1. The number of nitrogens with zero attached hydrogens (tertiary/aromatic N) is 2. The molecular formula is C41H38N4O4S. The molecule has 3 heterocycles. The second-order valence-corrected chi connectivity index (χ2v) is 12.9. The van der Waals surface area contributed by atoms with Crippen molar-refractivity contribution in [2.45, 2.75) is 40.0 Å². The number of rotatable bonds is 12. The first kappa shape index (κ1) is 34.2. The minimum atomic E-state index is -0.828. The lowest BCUT2D eigenvalue weighted by Gasteiger charge is -2.18. The van der Waals surface area contributed by atoms with Crippen molar-refractivity contribution in [1.29, 1.82) is 0 Å². The zero-order valence-corrected chi connectivity index (χ0v) is 29.2. The van der Waals surface area contributed by atoms with E-state index in [1.807, 2.05) is 60.8 Å². The zero-order valence-electron chi connectivity index (χ0n) is 28.4. The van der Waals surface area contributed by atoms with Crippen LogP contribution in [0.5, 0.6) is 11.5 Å². The molecular weight excluding hydrogens is 645 g/mol. The van der Waals surface area contributed by atoms with E-state index in [2.05, 4.69) is 36.3 Å². The molecule has 1 unspecified atom stereocenters. The Bertz CT molecular complexity index is 2190. The fourth-order valence-electron chi connectivity index (χ4n) is 5.83. The number of ketones is 1. The summed E-state index contributed by atoms with van der Waals surface area (Å²) < 4.78 is 12.7. The third kappa shape index (κ3) is 7.49. The highest BCUT2D eigenvalue weighted by molar-refractivity contribution is 7.10. The summed E-state index contributed by atoms with van der Waals surface area (Å²) in [5, 5.41) is 5.43. The van der Waals surface area contributed by atoms with Crippen molar-refractivity contribution in [2.24, 2.45) is 5.73 Å². The number of pyridine rings is 2. The van der Waals surface area contributed by atoms with Gasteiger partial charge in [0.15, 0.2) is 5.78 Å². The van der Waals surface area contributed by atoms with Gasteiger partial charge < -0.3 is 20.5 Å². The topological polar surface area (TPSA) is 116 Å². The van der Waals surface area contributed by atoms with Crippen LogP contribution in [0.1, 0.15) is 54.9 Å². The van der Waals surface area contributed by atoms with Crippen molar-refractivity contribution in [2.75, 3.05) is 7.05 Å². The van der Waals surface area contributed by atoms with E-state index in [9.17, 15) is 9.59 Å². The van der Waals surface area contributed by atoms with Gasteiger partial charge in [-0.2, -0.15) is 0 Å². The number of benzene rings is 3. The maximum atomic E-state index is 13.2. The van der Waals surface area contributed by atoms with E-state index in [0.717, 1.165) is 66.3 Å². The summed E-state index contributed by atoms with van der Waals surface area (Å²) in [6, 6.07) is 25.9. The molecule has 0 aliphatic heterocycles. The van der Waals surface area contributed by atoms with Gasteiger partial charge >= 0.3 is 0 Å². The number of aromatic nitrogens is 2. The van der Waals surface area contributed by atoms with Crippen LogP contribution in [-0.4, -0.2) is 28.7 Å². The van der Waals surface area contributed by atoms with E-state index in [0.29, 0.717) is 24.5 Å². The summed E-state index contributed by atoms with van der Waals surface area (Å²) in [6.45, 7) is 6.76. The third-order valence-electron chi connectivity index (χ3n) is 8.61. The number of fused-ring (bicyclic) bond motifs is 1. The van der Waals surface area contributed by atoms with E-state index >= 15 is 0 Å². The molecule has 3 aromatic heterocycles. The lowest BCUT2D eigenvalue weighted by atomic mass is 9.92. The predicted octanol–water partition coefficient (Wildman–Crippen LogP) is 8.08. The van der Waals surface area contributed by atoms with E-state index in [1.54, 1.807) is 43.6 Å². The molecule has 6 aromatic rings. The molecule has 0 fully saturated rings. The Morgan fingerprint density at radius 1 is 0.900 bits per heavy atom. The maximum Gasteiger partial charge on any atom is 0.251 e. The molecule has 9 heteroatoms. The number of para-hydroxylation sites is 1. The Balaban J connectivity index is 1.21. The maximum absolute atomic E-state index is 13.2. The van der Waals surface area contributed by atoms with E-state index in [4.69, 9.17) is 20.2 Å². The molecule has 0 aliphatic carbocycles. The van der Waals surface area contributed by atoms with Gasteiger partial charge in [-0.1, -0.05) is 42.5 Å². The van der Waals surface area contributed by atoms with Crippen molar-refractivity contribution < 1.29 is 19.1 Å². The van der Waals surface area contributed by atoms with Crippen molar-refractivity contribution in [3.05, 3.63) is 147 Å². The molecule has 3 aromatic carbocycles. The van der Waals surface area contributed by atoms with Crippen molar-refractivity contribution in [3.63, 3.8) is 0 Å². The monoisotopic (exact) mass is 682 g/mol. The average molecular weight is 683 g/mol. The predicted molar refractivity (Wildman–Crippen MR) is 199 cm³/mol. The molecule has 6 rings (SSSR count). The molecule has 1 amide bonds. The molecule has 0 saturated heterocycles. The van der Waals surface area contributed by atoms with Crippen LogP contribution in [0.25, 0.3) is 28.1 Å². The highest BCUT2D eigenvalue weighted by Gasteiger charge is 2.22. The molecule has 50 heavy (non-hydrogen) atoms. The Kier molecular flexibility index (Phi) is 10.5. The molecule has 0 saturated carbocycles. The largest absolute Gasteiger partial charge is 0.487 e. The van der Waals surface area contributed by atoms with Gasteiger partial charge in [-0.05, 0) is 108 Å². The Hall–Kier alpha value is -5.64. The van der Waals surface area contributed by atoms with Gasteiger partial charge in [0, 0.05) is 40.8 Å². The first-order valence-electron chi connectivity index (χ1n) is 16.3. The SMILES string of the molecule is CNC(=O)c1ccc(/C=C/C(=O)C(N)c2sccc2-c2ccc(C)c(COc3cccc4c(OCc5ccccn5)cc(C)nc34)c2C)cc1. The van der Waals surface area contributed by atoms with Gasteiger partial charge in [-0.15, -0.1) is 11.3 Å². The van der Waals surface area contributed by atoms with E-state index < -0.39 is 6.04 Å². The van der Waals surface area contributed by atoms with Gasteiger partial charge in [-0.3, -0.25) is 14.6 Å². The number of nitrogens with one attached hydrogen (secondary N) is 1. The second kappa shape index (κ2) is 15.3. The molecule has 0 radical (unpaired) electrons. The average Bonchev–Trinajstić information content (AvgIpc) is 3.62. The minimum Gasteiger partial charge on any atom is -0.487 e. The number of carbonyl (C=O) groups excluding carboxylic acids is 2. The van der Waals surface area contributed by atoms with Gasteiger partial charge in [0.05, 0.1) is 5.69 Å². The van der Waals surface area contributed by atoms with Crippen LogP contribution in [-0.2, 0) is 18.0 Å². The number of aryl methyl sites for hydroxylation is 2. The normalized spacial score (nSPS) is 11.9. The molecule has 252 valence electrons. The summed E-state index contributed by atoms with van der Waals surface area (Å²) in [5.41, 5.74) is 15.4. The fourth-order valence-corrected chi connectivity index (χ4v) is 6.74. The molecule has 8 nitrogen and oxygen atoms in total. The van der Waals surface area contributed by atoms with Crippen LogP contribution in [0.2, 0.25) is 0 Å². The van der Waals surface area contributed by atoms with Crippen LogP contribution < -0.4 is 20.5 Å². The highest BCUT2D eigenvalue weighted by atomic mass is 32.1. The standard InChI is InChI=1S/C41H38N4O4S/c1-25-11-17-31(32-19-21-50-40(32)38(42)35(46)18-14-28-12-15-29(16-13-28)41(47)43-4)27(3)34(25)24-49-36-10-7-9-33-37(22-26(2)45-39(33)36)48-23-30-8-5-6-20-44-30/h5-22,38H,23-24,42H2,1-4H3,(H,43,47)/b18-14+. The first-order valence-corrected chi connectivity index (χ1v) is 17.1. The number of ether oxygens (including phenoxy) is 2. The number of thiophene rings is 1. The quantitative estimate of drug-likeness (QED) is 0.125. The smallest absolute Gasteiger partial charge is 0.251 e. The van der Waals surface area contributed by atoms with E-state index in [1.165, 1.54) is 17.4 Å². The number of hydrogen-bond acceptors (Lipinski definition) is 8. The van der Waals surface area contributed by atoms with Crippen LogP contribution in [0.3, 0.4) is 0 Å². The lowest BCUT2D eigenvalue weighted by molar-refractivity contribution is -0.115. The second-order valence-electron chi connectivity index (χ2n) is 12.0. The molecule has 0 aliphatic rings. The molecule has 1 atom stereocenters. The summed E-state index contributed by atoms with van der Waals surface area (Å²) >= 11 is 1.47. The lowest BCUT2D eigenvalue weighted by Crippen LogP contribution is -2.19. The summed E-state index contributed by atoms with van der Waals surface area (Å²) in [7, 11) is 1.59. The van der Waals surface area contributed by atoms with Crippen LogP contribution >= 0.6 is 11.3 Å². The minimum absolute atomic E-state index is 0.164. The first-order chi connectivity index (χ1) is 24.2. The van der Waals surface area contributed by atoms with Gasteiger partial charge in [0.1, 0.15) is 36.3 Å². The molecule has 0 spiro atoms. The molecule has 0 bridgehead atoms. The summed E-state index contributed by atoms with van der Waals surface area (Å²) in [5.74, 6) is 1.02. The van der Waals surface area contributed by atoms with Gasteiger partial charge in [0.25, 0.3) is 5.91 Å². The van der Waals surface area contributed by atoms with Crippen molar-refractivity contribution in [3.8, 4) is 22.6 Å². The fraction of sp³-hybridized carbons (Fsp3) is 0.171. The summed E-state index contributed by atoms with van der Waals surface area (Å²) in [6.07, 6.45) is 4.97. The van der Waals surface area contributed by atoms with Gasteiger partial charge in [-0.25, -0.2) is 4.98 Å². The molecule has 3 N–H and O–H groups in total.